The summed E-state index contributed by atoms with van der Waals surface area (Å²) in [6.07, 6.45) is 14.2. The molecule has 288 valence electrons. The van der Waals surface area contributed by atoms with Crippen LogP contribution in [0.5, 0.6) is 0 Å². The zero-order valence-electron chi connectivity index (χ0n) is 34.0. The van der Waals surface area contributed by atoms with Crippen LogP contribution in [-0.2, 0) is 6.42 Å². The average molecular weight is 749 g/mol. The number of fused-ring (bicyclic) bond motifs is 5. The summed E-state index contributed by atoms with van der Waals surface area (Å²) in [6, 6.07) is 48.8. The number of furan rings is 2. The first-order chi connectivity index (χ1) is 28.1. The van der Waals surface area contributed by atoms with Crippen molar-refractivity contribution in [3.8, 4) is 44.9 Å². The smallest absolute Gasteiger partial charge is 0.143 e. The minimum atomic E-state index is 0.656. The second-order valence-corrected chi connectivity index (χ2v) is 16.9. The van der Waals surface area contributed by atoms with Gasteiger partial charge in [0.15, 0.2) is 0 Å². The minimum Gasteiger partial charge on any atom is -0.455 e. The van der Waals surface area contributed by atoms with E-state index in [2.05, 4.69) is 154 Å². The van der Waals surface area contributed by atoms with E-state index in [0.29, 0.717) is 5.92 Å². The molecule has 9 rings (SSSR count). The highest BCUT2D eigenvalue weighted by Crippen LogP contribution is 2.49. The molecule has 0 saturated heterocycles. The Balaban J connectivity index is 1.15. The van der Waals surface area contributed by atoms with Crippen LogP contribution in [0.4, 0.5) is 0 Å². The van der Waals surface area contributed by atoms with Gasteiger partial charge in [0.25, 0.3) is 0 Å². The van der Waals surface area contributed by atoms with Crippen LogP contribution in [-0.4, -0.2) is 0 Å². The second-order valence-electron chi connectivity index (χ2n) is 16.9. The van der Waals surface area contributed by atoms with Gasteiger partial charge in [-0.2, -0.15) is 0 Å². The maximum absolute atomic E-state index is 6.92. The molecule has 2 heterocycles. The fourth-order valence-corrected chi connectivity index (χ4v) is 9.98. The molecule has 0 bridgehead atoms. The summed E-state index contributed by atoms with van der Waals surface area (Å²) >= 11 is 0. The SMILES string of the molecule is CCCC(C)CCCc1ccc(-c2oc3ccc4c(ccc5oc(-c6ccc(C7CCC(CCC)CC7)cc6)c(-c6ccccc6)c54)c3c2-c2ccccc2)cc1. The van der Waals surface area contributed by atoms with Gasteiger partial charge in [0.05, 0.1) is 0 Å². The van der Waals surface area contributed by atoms with Gasteiger partial charge >= 0.3 is 0 Å². The van der Waals surface area contributed by atoms with Gasteiger partial charge in [-0.25, -0.2) is 0 Å². The Kier molecular flexibility index (Phi) is 10.9. The van der Waals surface area contributed by atoms with Crippen LogP contribution in [0.1, 0.15) is 102 Å². The molecule has 2 aromatic heterocycles. The third-order valence-electron chi connectivity index (χ3n) is 13.0. The first kappa shape index (κ1) is 37.2. The van der Waals surface area contributed by atoms with Gasteiger partial charge in [0.2, 0.25) is 0 Å². The Bertz CT molecular complexity index is 2560. The summed E-state index contributed by atoms with van der Waals surface area (Å²) < 4.78 is 13.8. The standard InChI is InChI=1S/C55H56O2/c1-4-13-37(3)15-12-16-39-23-27-44(28-24-39)54-50(42-17-8-6-9-18-42)52-46-34-36-49-53(47(46)33-35-48(52)56-54)51(43-19-10-7-11-20-43)55(57-49)45-31-29-41(30-32-45)40-25-21-38(14-5-2)22-26-40/h6-11,17-20,23-24,27-38,40H,4-5,12-16,21-22,25-26H2,1-3H3. The molecular weight excluding hydrogens is 693 g/mol. The van der Waals surface area contributed by atoms with Crippen LogP contribution in [0.3, 0.4) is 0 Å². The molecule has 1 atom stereocenters. The highest BCUT2D eigenvalue weighted by atomic mass is 16.3. The van der Waals surface area contributed by atoms with Gasteiger partial charge in [-0.05, 0) is 114 Å². The van der Waals surface area contributed by atoms with Gasteiger partial charge in [-0.15, -0.1) is 0 Å². The molecule has 6 aromatic carbocycles. The highest BCUT2D eigenvalue weighted by molar-refractivity contribution is 6.24. The summed E-state index contributed by atoms with van der Waals surface area (Å²) in [7, 11) is 0. The Labute approximate surface area is 338 Å². The summed E-state index contributed by atoms with van der Waals surface area (Å²) in [6.45, 7) is 7.00. The number of benzene rings is 6. The van der Waals surface area contributed by atoms with Gasteiger partial charge in [-0.3, -0.25) is 0 Å². The van der Waals surface area contributed by atoms with Crippen LogP contribution in [0, 0.1) is 11.8 Å². The number of hydrogen-bond acceptors (Lipinski definition) is 2. The lowest BCUT2D eigenvalue weighted by Crippen LogP contribution is -2.13. The van der Waals surface area contributed by atoms with E-state index in [1.165, 1.54) is 86.1 Å². The summed E-state index contributed by atoms with van der Waals surface area (Å²) in [5.74, 6) is 4.21. The monoisotopic (exact) mass is 748 g/mol. The topological polar surface area (TPSA) is 26.3 Å². The van der Waals surface area contributed by atoms with Gasteiger partial charge in [0.1, 0.15) is 22.7 Å². The van der Waals surface area contributed by atoms with Crippen molar-refractivity contribution in [3.63, 3.8) is 0 Å². The van der Waals surface area contributed by atoms with Gasteiger partial charge in [-0.1, -0.05) is 162 Å². The second kappa shape index (κ2) is 16.6. The van der Waals surface area contributed by atoms with E-state index in [0.717, 1.165) is 85.1 Å². The summed E-state index contributed by atoms with van der Waals surface area (Å²) in [5.41, 5.74) is 11.5. The van der Waals surface area contributed by atoms with Crippen molar-refractivity contribution < 1.29 is 8.83 Å². The van der Waals surface area contributed by atoms with E-state index in [-0.39, 0.29) is 0 Å². The Morgan fingerprint density at radius 2 is 1.05 bits per heavy atom. The van der Waals surface area contributed by atoms with E-state index < -0.39 is 0 Å². The molecule has 1 fully saturated rings. The molecule has 0 N–H and O–H groups in total. The summed E-state index contributed by atoms with van der Waals surface area (Å²) in [5, 5.41) is 4.63. The zero-order chi connectivity index (χ0) is 38.7. The number of hydrogen-bond donors (Lipinski definition) is 0. The van der Waals surface area contributed by atoms with Crippen molar-refractivity contribution in [3.05, 3.63) is 145 Å². The van der Waals surface area contributed by atoms with E-state index in [1.54, 1.807) is 0 Å². The molecule has 0 spiro atoms. The molecule has 0 radical (unpaired) electrons. The van der Waals surface area contributed by atoms with Crippen molar-refractivity contribution >= 4 is 32.7 Å². The molecule has 0 amide bonds. The molecule has 57 heavy (non-hydrogen) atoms. The molecule has 0 aliphatic heterocycles. The van der Waals surface area contributed by atoms with Gasteiger partial charge in [0, 0.05) is 33.0 Å². The first-order valence-corrected chi connectivity index (χ1v) is 21.8. The molecule has 2 nitrogen and oxygen atoms in total. The molecule has 1 aliphatic rings. The Morgan fingerprint density at radius 3 is 1.56 bits per heavy atom. The number of aryl methyl sites for hydroxylation is 1. The lowest BCUT2D eigenvalue weighted by Gasteiger charge is -2.28. The maximum atomic E-state index is 6.92. The molecule has 2 heteroatoms. The molecule has 1 unspecified atom stereocenters. The molecule has 1 aliphatic carbocycles. The quantitative estimate of drug-likeness (QED) is 0.117. The van der Waals surface area contributed by atoms with Crippen LogP contribution >= 0.6 is 0 Å². The average Bonchev–Trinajstić information content (AvgIpc) is 3.85. The van der Waals surface area contributed by atoms with Crippen molar-refractivity contribution in [1.29, 1.82) is 0 Å². The number of rotatable bonds is 13. The largest absolute Gasteiger partial charge is 0.455 e. The predicted octanol–water partition coefficient (Wildman–Crippen LogP) is 16.8. The third-order valence-corrected chi connectivity index (χ3v) is 13.0. The lowest BCUT2D eigenvalue weighted by atomic mass is 9.77. The molecule has 8 aromatic rings. The maximum Gasteiger partial charge on any atom is 0.143 e. The third kappa shape index (κ3) is 7.48. The normalized spacial score (nSPS) is 16.5. The lowest BCUT2D eigenvalue weighted by molar-refractivity contribution is 0.308. The predicted molar refractivity (Wildman–Crippen MR) is 242 cm³/mol. The zero-order valence-corrected chi connectivity index (χ0v) is 34.0. The minimum absolute atomic E-state index is 0.656. The van der Waals surface area contributed by atoms with E-state index in [1.807, 2.05) is 0 Å². The fourth-order valence-electron chi connectivity index (χ4n) is 9.98. The van der Waals surface area contributed by atoms with E-state index in [9.17, 15) is 0 Å². The van der Waals surface area contributed by atoms with Gasteiger partial charge < -0.3 is 8.83 Å². The van der Waals surface area contributed by atoms with Crippen LogP contribution in [0.15, 0.2) is 142 Å². The Hall–Kier alpha value is -5.34. The van der Waals surface area contributed by atoms with Crippen LogP contribution in [0.25, 0.3) is 77.6 Å². The summed E-state index contributed by atoms with van der Waals surface area (Å²) in [4.78, 5) is 0. The van der Waals surface area contributed by atoms with E-state index in [4.69, 9.17) is 8.83 Å². The first-order valence-electron chi connectivity index (χ1n) is 21.8. The fraction of sp³-hybridized carbons (Fsp3) is 0.309. The van der Waals surface area contributed by atoms with Crippen molar-refractivity contribution in [2.45, 2.75) is 97.3 Å². The molecule has 1 saturated carbocycles. The molecular formula is C55H56O2. The van der Waals surface area contributed by atoms with Crippen LogP contribution < -0.4 is 0 Å². The van der Waals surface area contributed by atoms with Crippen molar-refractivity contribution in [2.24, 2.45) is 11.8 Å². The van der Waals surface area contributed by atoms with Crippen molar-refractivity contribution in [2.75, 3.05) is 0 Å². The van der Waals surface area contributed by atoms with Crippen LogP contribution in [0.2, 0.25) is 0 Å². The van der Waals surface area contributed by atoms with E-state index >= 15 is 0 Å². The van der Waals surface area contributed by atoms with Crippen molar-refractivity contribution in [1.82, 2.24) is 0 Å². The highest BCUT2D eigenvalue weighted by Gasteiger charge is 2.26. The Morgan fingerprint density at radius 1 is 0.526 bits per heavy atom.